The maximum atomic E-state index is 14.4. The van der Waals surface area contributed by atoms with Gasteiger partial charge in [-0.3, -0.25) is 0 Å². The van der Waals surface area contributed by atoms with Crippen LogP contribution in [0, 0.1) is 11.6 Å². The van der Waals surface area contributed by atoms with Crippen molar-refractivity contribution in [3.63, 3.8) is 0 Å². The average Bonchev–Trinajstić information content (AvgIpc) is 3.41. The molecule has 2 aliphatic rings. The summed E-state index contributed by atoms with van der Waals surface area (Å²) in [4.78, 5) is 0. The molecule has 2 fully saturated rings. The summed E-state index contributed by atoms with van der Waals surface area (Å²) in [6, 6.07) is 12.6. The Morgan fingerprint density at radius 1 is 1.08 bits per heavy atom. The van der Waals surface area contributed by atoms with Gasteiger partial charge >= 0.3 is 0 Å². The van der Waals surface area contributed by atoms with Crippen molar-refractivity contribution in [1.29, 1.82) is 0 Å². The molecule has 138 valence electrons. The van der Waals surface area contributed by atoms with Crippen molar-refractivity contribution in [3.8, 4) is 5.75 Å². The molecule has 3 nitrogen and oxygen atoms in total. The van der Waals surface area contributed by atoms with Crippen LogP contribution in [0.4, 0.5) is 8.78 Å². The molecule has 4 rings (SSSR count). The van der Waals surface area contributed by atoms with Crippen molar-refractivity contribution in [2.75, 3.05) is 13.2 Å². The SMILES string of the molecule is Fc1cc(F)c(OCc2ccccc2)c(C2CC2NC2CCOCC2)c1. The molecule has 0 bridgehead atoms. The lowest BCUT2D eigenvalue weighted by Crippen LogP contribution is -2.36. The highest BCUT2D eigenvalue weighted by atomic mass is 19.1. The standard InChI is InChI=1S/C21H23F2NO2/c22-15-10-18(17-12-20(17)24-16-6-8-25-9-7-16)21(19(23)11-15)26-13-14-4-2-1-3-5-14/h1-5,10-11,16-17,20,24H,6-9,12-13H2. The lowest BCUT2D eigenvalue weighted by molar-refractivity contribution is 0.0774. The monoisotopic (exact) mass is 359 g/mol. The molecule has 5 heteroatoms. The molecule has 0 aromatic heterocycles. The average molecular weight is 359 g/mol. The third kappa shape index (κ3) is 4.05. The molecule has 2 atom stereocenters. The summed E-state index contributed by atoms with van der Waals surface area (Å²) in [7, 11) is 0. The van der Waals surface area contributed by atoms with E-state index in [-0.39, 0.29) is 24.3 Å². The first-order valence-electron chi connectivity index (χ1n) is 9.20. The lowest BCUT2D eigenvalue weighted by Gasteiger charge is -2.23. The largest absolute Gasteiger partial charge is 0.486 e. The second kappa shape index (κ2) is 7.72. The predicted octanol–water partition coefficient (Wildman–Crippen LogP) is 4.17. The molecular formula is C21H23F2NO2. The summed E-state index contributed by atoms with van der Waals surface area (Å²) >= 11 is 0. The predicted molar refractivity (Wildman–Crippen MR) is 95.3 cm³/mol. The molecule has 2 unspecified atom stereocenters. The van der Waals surface area contributed by atoms with Gasteiger partial charge in [0.2, 0.25) is 0 Å². The lowest BCUT2D eigenvalue weighted by atomic mass is 10.1. The van der Waals surface area contributed by atoms with Crippen LogP contribution in [-0.4, -0.2) is 25.3 Å². The number of benzene rings is 2. The van der Waals surface area contributed by atoms with E-state index >= 15 is 0 Å². The fraction of sp³-hybridized carbons (Fsp3) is 0.429. The molecule has 1 aliphatic heterocycles. The minimum Gasteiger partial charge on any atom is -0.486 e. The third-order valence-corrected chi connectivity index (χ3v) is 5.12. The van der Waals surface area contributed by atoms with Crippen LogP contribution in [0.25, 0.3) is 0 Å². The van der Waals surface area contributed by atoms with E-state index in [1.807, 2.05) is 30.3 Å². The van der Waals surface area contributed by atoms with E-state index in [9.17, 15) is 8.78 Å². The molecule has 26 heavy (non-hydrogen) atoms. The van der Waals surface area contributed by atoms with Crippen molar-refractivity contribution in [1.82, 2.24) is 5.32 Å². The minimum absolute atomic E-state index is 0.0915. The van der Waals surface area contributed by atoms with Gasteiger partial charge in [-0.15, -0.1) is 0 Å². The van der Waals surface area contributed by atoms with Crippen LogP contribution in [0.5, 0.6) is 5.75 Å². The third-order valence-electron chi connectivity index (χ3n) is 5.12. The summed E-state index contributed by atoms with van der Waals surface area (Å²) in [5.41, 5.74) is 1.58. The van der Waals surface area contributed by atoms with Crippen LogP contribution >= 0.6 is 0 Å². The summed E-state index contributed by atoms with van der Waals surface area (Å²) in [5.74, 6) is -0.917. The van der Waals surface area contributed by atoms with Gasteiger partial charge in [0.05, 0.1) is 0 Å². The number of hydrogen-bond acceptors (Lipinski definition) is 3. The van der Waals surface area contributed by atoms with E-state index in [4.69, 9.17) is 9.47 Å². The van der Waals surface area contributed by atoms with Crippen LogP contribution in [0.3, 0.4) is 0 Å². The Morgan fingerprint density at radius 3 is 2.62 bits per heavy atom. The first-order valence-corrected chi connectivity index (χ1v) is 9.20. The number of ether oxygens (including phenoxy) is 2. The highest BCUT2D eigenvalue weighted by molar-refractivity contribution is 5.42. The van der Waals surface area contributed by atoms with E-state index in [1.165, 1.54) is 6.07 Å². The quantitative estimate of drug-likeness (QED) is 0.840. The molecule has 1 aliphatic carbocycles. The molecule has 0 radical (unpaired) electrons. The van der Waals surface area contributed by atoms with Crippen LogP contribution in [-0.2, 0) is 11.3 Å². The summed E-state index contributed by atoms with van der Waals surface area (Å²) in [5, 5.41) is 3.60. The minimum atomic E-state index is -0.632. The maximum absolute atomic E-state index is 14.4. The summed E-state index contributed by atoms with van der Waals surface area (Å²) < 4.78 is 39.3. The number of hydrogen-bond donors (Lipinski definition) is 1. The summed E-state index contributed by atoms with van der Waals surface area (Å²) in [6.07, 6.45) is 2.85. The Kier molecular flexibility index (Phi) is 5.18. The van der Waals surface area contributed by atoms with Gasteiger partial charge in [0, 0.05) is 42.8 Å². The molecule has 1 saturated carbocycles. The smallest absolute Gasteiger partial charge is 0.168 e. The zero-order valence-electron chi connectivity index (χ0n) is 14.6. The molecule has 0 amide bonds. The maximum Gasteiger partial charge on any atom is 0.168 e. The van der Waals surface area contributed by atoms with Gasteiger partial charge in [-0.25, -0.2) is 8.78 Å². The normalized spacial score (nSPS) is 23.0. The number of nitrogens with one attached hydrogen (secondary N) is 1. The highest BCUT2D eigenvalue weighted by Crippen LogP contribution is 2.46. The van der Waals surface area contributed by atoms with Crippen molar-refractivity contribution in [2.45, 2.75) is 43.9 Å². The van der Waals surface area contributed by atoms with Gasteiger partial charge < -0.3 is 14.8 Å². The van der Waals surface area contributed by atoms with Crippen LogP contribution in [0.15, 0.2) is 42.5 Å². The Bertz CT molecular complexity index is 747. The fourth-order valence-corrected chi connectivity index (χ4v) is 3.63. The van der Waals surface area contributed by atoms with Gasteiger partial charge in [0.15, 0.2) is 11.6 Å². The molecule has 1 heterocycles. The van der Waals surface area contributed by atoms with Gasteiger partial charge in [0.1, 0.15) is 12.4 Å². The van der Waals surface area contributed by atoms with Gasteiger partial charge in [-0.1, -0.05) is 30.3 Å². The second-order valence-electron chi connectivity index (χ2n) is 7.08. The molecular weight excluding hydrogens is 336 g/mol. The van der Waals surface area contributed by atoms with Crippen molar-refractivity contribution >= 4 is 0 Å². The van der Waals surface area contributed by atoms with Crippen LogP contribution in [0.1, 0.15) is 36.3 Å². The molecule has 2 aromatic rings. The van der Waals surface area contributed by atoms with Gasteiger partial charge in [-0.2, -0.15) is 0 Å². The fourth-order valence-electron chi connectivity index (χ4n) is 3.63. The van der Waals surface area contributed by atoms with Crippen LogP contribution < -0.4 is 10.1 Å². The number of halogens is 2. The topological polar surface area (TPSA) is 30.5 Å². The number of rotatable bonds is 6. The van der Waals surface area contributed by atoms with Gasteiger partial charge in [0.25, 0.3) is 0 Å². The Morgan fingerprint density at radius 2 is 1.85 bits per heavy atom. The first-order chi connectivity index (χ1) is 12.7. The van der Waals surface area contributed by atoms with Crippen molar-refractivity contribution in [3.05, 3.63) is 65.2 Å². The Balaban J connectivity index is 1.47. The Labute approximate surface area is 152 Å². The van der Waals surface area contributed by atoms with E-state index in [0.29, 0.717) is 11.6 Å². The van der Waals surface area contributed by atoms with E-state index in [0.717, 1.165) is 44.1 Å². The first kappa shape index (κ1) is 17.4. The van der Waals surface area contributed by atoms with Crippen molar-refractivity contribution < 1.29 is 18.3 Å². The van der Waals surface area contributed by atoms with Crippen LogP contribution in [0.2, 0.25) is 0 Å². The highest BCUT2D eigenvalue weighted by Gasteiger charge is 2.42. The zero-order valence-corrected chi connectivity index (χ0v) is 14.6. The zero-order chi connectivity index (χ0) is 17.9. The molecule has 2 aromatic carbocycles. The van der Waals surface area contributed by atoms with E-state index in [2.05, 4.69) is 5.32 Å². The van der Waals surface area contributed by atoms with Crippen molar-refractivity contribution in [2.24, 2.45) is 0 Å². The Hall–Kier alpha value is -1.98. The van der Waals surface area contributed by atoms with Gasteiger partial charge in [-0.05, 0) is 30.9 Å². The van der Waals surface area contributed by atoms with E-state index in [1.54, 1.807) is 0 Å². The molecule has 1 saturated heterocycles. The summed E-state index contributed by atoms with van der Waals surface area (Å²) in [6.45, 7) is 1.81. The molecule has 0 spiro atoms. The molecule has 1 N–H and O–H groups in total. The van der Waals surface area contributed by atoms with E-state index < -0.39 is 11.6 Å². The second-order valence-corrected chi connectivity index (χ2v) is 7.08.